The maximum atomic E-state index is 15.4. The van der Waals surface area contributed by atoms with Gasteiger partial charge in [-0.3, -0.25) is 19.8 Å². The molecule has 0 unspecified atom stereocenters. The minimum atomic E-state index is -0.345. The van der Waals surface area contributed by atoms with Gasteiger partial charge in [0.1, 0.15) is 5.52 Å². The second-order valence-electron chi connectivity index (χ2n) is 8.06. The van der Waals surface area contributed by atoms with Crippen LogP contribution in [0.2, 0.25) is 0 Å². The number of pyridine rings is 1. The van der Waals surface area contributed by atoms with Gasteiger partial charge >= 0.3 is 0 Å². The number of hydrogen-bond donors (Lipinski definition) is 2. The zero-order chi connectivity index (χ0) is 22.7. The molecule has 1 aromatic carbocycles. The van der Waals surface area contributed by atoms with Crippen LogP contribution in [0.5, 0.6) is 0 Å². The summed E-state index contributed by atoms with van der Waals surface area (Å²) in [5.74, 6) is -0.345. The molecule has 1 aliphatic heterocycles. The predicted molar refractivity (Wildman–Crippen MR) is 127 cm³/mol. The number of rotatable bonds is 6. The Labute approximate surface area is 186 Å². The van der Waals surface area contributed by atoms with Crippen molar-refractivity contribution in [3.8, 4) is 12.5 Å². The molecule has 2 N–H and O–H groups in total. The van der Waals surface area contributed by atoms with Crippen molar-refractivity contribution < 1.29 is 4.39 Å². The highest BCUT2D eigenvalue weighted by atomic mass is 19.1. The minimum Gasteiger partial charge on any atom is -0.367 e. The third kappa shape index (κ3) is 4.12. The van der Waals surface area contributed by atoms with Crippen molar-refractivity contribution in [2.45, 2.75) is 26.4 Å². The van der Waals surface area contributed by atoms with Gasteiger partial charge in [-0.1, -0.05) is 18.6 Å². The highest BCUT2D eigenvalue weighted by molar-refractivity contribution is 6.03. The van der Waals surface area contributed by atoms with Gasteiger partial charge in [-0.2, -0.15) is 0 Å². The molecule has 1 fully saturated rings. The molecule has 3 heterocycles. The number of nitrogens with zero attached hydrogens (tertiary/aromatic N) is 4. The van der Waals surface area contributed by atoms with Gasteiger partial charge in [0.2, 0.25) is 0 Å². The van der Waals surface area contributed by atoms with Crippen LogP contribution in [-0.2, 0) is 6.54 Å². The number of aromatic amines is 1. The second-order valence-corrected chi connectivity index (χ2v) is 8.06. The Hall–Kier alpha value is -3.57. The van der Waals surface area contributed by atoms with Crippen LogP contribution < -0.4 is 15.8 Å². The molecule has 0 bridgehead atoms. The van der Waals surface area contributed by atoms with E-state index in [2.05, 4.69) is 45.1 Å². The van der Waals surface area contributed by atoms with Crippen LogP contribution in [0.3, 0.4) is 0 Å². The first-order valence-corrected chi connectivity index (χ1v) is 10.7. The van der Waals surface area contributed by atoms with E-state index in [1.807, 2.05) is 12.1 Å². The Morgan fingerprint density at radius 1 is 1.25 bits per heavy atom. The summed E-state index contributed by atoms with van der Waals surface area (Å²) in [5, 5.41) is 6.76. The van der Waals surface area contributed by atoms with E-state index < -0.39 is 0 Å². The van der Waals surface area contributed by atoms with Crippen molar-refractivity contribution in [2.24, 2.45) is 0 Å². The van der Waals surface area contributed by atoms with E-state index in [0.717, 1.165) is 26.2 Å². The summed E-state index contributed by atoms with van der Waals surface area (Å²) in [5.41, 5.74) is 1.23. The SMILES string of the molecule is C#CN/C=C\C=C/Cn1[nH]c2c(cnc3c(F)c(N4CCN(C(C)C)CC4)ccc32)c1=O. The van der Waals surface area contributed by atoms with Gasteiger partial charge in [0.25, 0.3) is 5.56 Å². The molecule has 2 aromatic heterocycles. The highest BCUT2D eigenvalue weighted by Crippen LogP contribution is 2.30. The summed E-state index contributed by atoms with van der Waals surface area (Å²) < 4.78 is 16.9. The molecular formula is C24H27FN6O. The molecule has 1 saturated heterocycles. The highest BCUT2D eigenvalue weighted by Gasteiger charge is 2.23. The molecule has 32 heavy (non-hydrogen) atoms. The van der Waals surface area contributed by atoms with Crippen molar-refractivity contribution in [1.29, 1.82) is 0 Å². The Morgan fingerprint density at radius 2 is 2.03 bits per heavy atom. The molecule has 166 valence electrons. The fourth-order valence-corrected chi connectivity index (χ4v) is 4.08. The molecule has 3 aromatic rings. The lowest BCUT2D eigenvalue weighted by atomic mass is 10.1. The zero-order valence-corrected chi connectivity index (χ0v) is 18.3. The standard InChI is InChI=1S/C24H27FN6O/c1-4-26-10-6-5-7-11-31-24(32)19-16-27-23-18(22(19)28-31)8-9-20(21(23)25)30-14-12-29(13-15-30)17(2)3/h1,5-10,16-17,26,28H,11-15H2,2-3H3/b7-5-,10-6-. The third-order valence-electron chi connectivity index (χ3n) is 5.86. The smallest absolute Gasteiger partial charge is 0.276 e. The molecular weight excluding hydrogens is 407 g/mol. The number of aromatic nitrogens is 3. The lowest BCUT2D eigenvalue weighted by molar-refractivity contribution is 0.209. The summed E-state index contributed by atoms with van der Waals surface area (Å²) in [6.07, 6.45) is 13.5. The van der Waals surface area contributed by atoms with Crippen LogP contribution in [0, 0.1) is 18.3 Å². The van der Waals surface area contributed by atoms with E-state index in [4.69, 9.17) is 6.42 Å². The number of anilines is 1. The molecule has 0 amide bonds. The number of fused-ring (bicyclic) bond motifs is 3. The minimum absolute atomic E-state index is 0.195. The number of H-pyrrole nitrogens is 1. The summed E-state index contributed by atoms with van der Waals surface area (Å²) in [7, 11) is 0. The monoisotopic (exact) mass is 434 g/mol. The fourth-order valence-electron chi connectivity index (χ4n) is 4.08. The first-order valence-electron chi connectivity index (χ1n) is 10.7. The van der Waals surface area contributed by atoms with Crippen molar-refractivity contribution in [1.82, 2.24) is 25.0 Å². The first-order chi connectivity index (χ1) is 15.5. The van der Waals surface area contributed by atoms with E-state index in [9.17, 15) is 4.79 Å². The van der Waals surface area contributed by atoms with Crippen molar-refractivity contribution >= 4 is 27.5 Å². The van der Waals surface area contributed by atoms with Crippen LogP contribution in [0.15, 0.2) is 47.6 Å². The fraction of sp³-hybridized carbons (Fsp3) is 0.333. The van der Waals surface area contributed by atoms with Crippen molar-refractivity contribution in [3.63, 3.8) is 0 Å². The summed E-state index contributed by atoms with van der Waals surface area (Å²) in [6, 6.07) is 6.41. The maximum absolute atomic E-state index is 15.4. The average molecular weight is 435 g/mol. The lowest BCUT2D eigenvalue weighted by Crippen LogP contribution is -2.49. The van der Waals surface area contributed by atoms with Crippen LogP contribution in [0.25, 0.3) is 21.8 Å². The van der Waals surface area contributed by atoms with Gasteiger partial charge in [0, 0.05) is 56.0 Å². The van der Waals surface area contributed by atoms with Gasteiger partial charge in [0.05, 0.1) is 23.1 Å². The van der Waals surface area contributed by atoms with Crippen LogP contribution >= 0.6 is 0 Å². The molecule has 4 rings (SSSR count). The molecule has 0 atom stereocenters. The van der Waals surface area contributed by atoms with Crippen LogP contribution in [0.4, 0.5) is 10.1 Å². The van der Waals surface area contributed by atoms with Gasteiger partial charge in [-0.15, -0.1) is 0 Å². The van der Waals surface area contributed by atoms with Gasteiger partial charge < -0.3 is 10.2 Å². The van der Waals surface area contributed by atoms with Crippen LogP contribution in [0.1, 0.15) is 13.8 Å². The Balaban J connectivity index is 1.63. The molecule has 1 aliphatic rings. The Morgan fingerprint density at radius 3 is 2.75 bits per heavy atom. The van der Waals surface area contributed by atoms with Gasteiger partial charge in [-0.25, -0.2) is 9.07 Å². The molecule has 0 aliphatic carbocycles. The van der Waals surface area contributed by atoms with Crippen LogP contribution in [-0.4, -0.2) is 51.9 Å². The third-order valence-corrected chi connectivity index (χ3v) is 5.86. The number of allylic oxidation sites excluding steroid dienone is 3. The van der Waals surface area contributed by atoms with Crippen molar-refractivity contribution in [3.05, 3.63) is 58.9 Å². The normalized spacial score (nSPS) is 15.5. The molecule has 0 saturated carbocycles. The Bertz CT molecular complexity index is 1270. The van der Waals surface area contributed by atoms with E-state index in [1.54, 1.807) is 24.4 Å². The summed E-state index contributed by atoms with van der Waals surface area (Å²) in [6.45, 7) is 8.05. The number of terminal acetylenes is 1. The van der Waals surface area contributed by atoms with Gasteiger partial charge in [-0.05, 0) is 32.1 Å². The quantitative estimate of drug-likeness (QED) is 0.355. The number of halogens is 1. The topological polar surface area (TPSA) is 69.2 Å². The first kappa shape index (κ1) is 21.7. The summed E-state index contributed by atoms with van der Waals surface area (Å²) in [4.78, 5) is 21.5. The van der Waals surface area contributed by atoms with Gasteiger partial charge in [0.15, 0.2) is 5.82 Å². The van der Waals surface area contributed by atoms with E-state index in [0.29, 0.717) is 34.6 Å². The molecule has 0 spiro atoms. The van der Waals surface area contributed by atoms with E-state index in [-0.39, 0.29) is 16.9 Å². The number of piperazine rings is 1. The predicted octanol–water partition coefficient (Wildman–Crippen LogP) is 2.80. The average Bonchev–Trinajstić information content (AvgIpc) is 3.12. The Kier molecular flexibility index (Phi) is 6.28. The zero-order valence-electron chi connectivity index (χ0n) is 18.3. The number of hydrogen-bond acceptors (Lipinski definition) is 5. The number of benzene rings is 1. The lowest BCUT2D eigenvalue weighted by Gasteiger charge is -2.38. The van der Waals surface area contributed by atoms with E-state index in [1.165, 1.54) is 10.9 Å². The molecule has 7 nitrogen and oxygen atoms in total. The maximum Gasteiger partial charge on any atom is 0.276 e. The molecule has 8 heteroatoms. The molecule has 0 radical (unpaired) electrons. The number of nitrogens with one attached hydrogen (secondary N) is 2. The largest absolute Gasteiger partial charge is 0.367 e. The second kappa shape index (κ2) is 9.28. The van der Waals surface area contributed by atoms with Crippen molar-refractivity contribution in [2.75, 3.05) is 31.1 Å². The summed E-state index contributed by atoms with van der Waals surface area (Å²) >= 11 is 0. The van der Waals surface area contributed by atoms with E-state index >= 15 is 4.39 Å².